The summed E-state index contributed by atoms with van der Waals surface area (Å²) in [5.74, 6) is 0. The zero-order valence-corrected chi connectivity index (χ0v) is 6.79. The number of halogens is 1. The highest BCUT2D eigenvalue weighted by Gasteiger charge is 2.00. The molecule has 0 bridgehead atoms. The minimum Gasteiger partial charge on any atom is -0.269 e. The SMILES string of the molecule is Brc1[nH]nc2ccsc12. The van der Waals surface area contributed by atoms with Crippen molar-refractivity contribution in [3.05, 3.63) is 16.0 Å². The Labute approximate surface area is 64.0 Å². The summed E-state index contributed by atoms with van der Waals surface area (Å²) >= 11 is 5.02. The number of aromatic amines is 1. The fraction of sp³-hybridized carbons (Fsp3) is 0. The van der Waals surface area contributed by atoms with Gasteiger partial charge in [-0.2, -0.15) is 5.10 Å². The minimum absolute atomic E-state index is 0.979. The van der Waals surface area contributed by atoms with Gasteiger partial charge >= 0.3 is 0 Å². The van der Waals surface area contributed by atoms with Gasteiger partial charge in [0.05, 0.1) is 4.70 Å². The molecule has 1 N–H and O–H groups in total. The number of nitrogens with one attached hydrogen (secondary N) is 1. The first-order chi connectivity index (χ1) is 4.38. The maximum Gasteiger partial charge on any atom is 0.118 e. The summed E-state index contributed by atoms with van der Waals surface area (Å²) in [5, 5.41) is 8.87. The van der Waals surface area contributed by atoms with Crippen molar-refractivity contribution in [2.75, 3.05) is 0 Å². The van der Waals surface area contributed by atoms with Crippen LogP contribution in [0.4, 0.5) is 0 Å². The summed E-state index contributed by atoms with van der Waals surface area (Å²) in [6, 6.07) is 1.99. The van der Waals surface area contributed by atoms with Gasteiger partial charge < -0.3 is 0 Å². The van der Waals surface area contributed by atoms with Crippen molar-refractivity contribution in [1.82, 2.24) is 10.2 Å². The third kappa shape index (κ3) is 0.702. The second kappa shape index (κ2) is 1.82. The van der Waals surface area contributed by atoms with Crippen molar-refractivity contribution in [2.45, 2.75) is 0 Å². The number of aromatic nitrogens is 2. The molecular formula is C5H3BrN2S. The van der Waals surface area contributed by atoms with Gasteiger partial charge in [0.25, 0.3) is 0 Å². The highest BCUT2D eigenvalue weighted by molar-refractivity contribution is 9.10. The molecule has 0 saturated heterocycles. The molecule has 2 aromatic rings. The van der Waals surface area contributed by atoms with E-state index in [4.69, 9.17) is 0 Å². The normalized spacial score (nSPS) is 10.8. The molecule has 0 aliphatic heterocycles. The van der Waals surface area contributed by atoms with Crippen LogP contribution in [-0.4, -0.2) is 10.2 Å². The Bertz CT molecular complexity index is 324. The van der Waals surface area contributed by atoms with Crippen molar-refractivity contribution in [3.8, 4) is 0 Å². The first-order valence-corrected chi connectivity index (χ1v) is 4.12. The number of rotatable bonds is 0. The van der Waals surface area contributed by atoms with Crippen LogP contribution >= 0.6 is 27.3 Å². The van der Waals surface area contributed by atoms with Gasteiger partial charge in [0, 0.05) is 0 Å². The molecule has 0 amide bonds. The minimum atomic E-state index is 0.979. The second-order valence-corrected chi connectivity index (χ2v) is 3.38. The Balaban J connectivity index is 2.99. The average Bonchev–Trinajstić information content (AvgIpc) is 2.35. The van der Waals surface area contributed by atoms with Crippen LogP contribution in [0.15, 0.2) is 16.0 Å². The number of thiophene rings is 1. The number of nitrogens with zero attached hydrogens (tertiary/aromatic N) is 1. The molecule has 2 rings (SSSR count). The van der Waals surface area contributed by atoms with Crippen molar-refractivity contribution in [3.63, 3.8) is 0 Å². The molecule has 2 aromatic heterocycles. The topological polar surface area (TPSA) is 28.7 Å². The van der Waals surface area contributed by atoms with Crippen molar-refractivity contribution in [2.24, 2.45) is 0 Å². The second-order valence-electron chi connectivity index (χ2n) is 1.67. The lowest BCUT2D eigenvalue weighted by Gasteiger charge is -1.72. The summed E-state index contributed by atoms with van der Waals surface area (Å²) in [7, 11) is 0. The summed E-state index contributed by atoms with van der Waals surface area (Å²) in [4.78, 5) is 0. The number of hydrogen-bond acceptors (Lipinski definition) is 2. The van der Waals surface area contributed by atoms with E-state index in [0.29, 0.717) is 0 Å². The van der Waals surface area contributed by atoms with E-state index < -0.39 is 0 Å². The molecule has 0 unspecified atom stereocenters. The van der Waals surface area contributed by atoms with Gasteiger partial charge in [-0.1, -0.05) is 0 Å². The molecule has 46 valence electrons. The highest BCUT2D eigenvalue weighted by Crippen LogP contribution is 2.25. The molecule has 0 saturated carbocycles. The molecule has 2 nitrogen and oxygen atoms in total. The van der Waals surface area contributed by atoms with Crippen LogP contribution in [0.2, 0.25) is 0 Å². The molecule has 9 heavy (non-hydrogen) atoms. The van der Waals surface area contributed by atoms with E-state index in [1.165, 1.54) is 4.70 Å². The predicted molar refractivity (Wildman–Crippen MR) is 41.7 cm³/mol. The predicted octanol–water partition coefficient (Wildman–Crippen LogP) is 2.39. The van der Waals surface area contributed by atoms with Crippen molar-refractivity contribution >= 4 is 37.5 Å². The molecule has 2 heterocycles. The highest BCUT2D eigenvalue weighted by atomic mass is 79.9. The number of fused-ring (bicyclic) bond motifs is 1. The van der Waals surface area contributed by atoms with E-state index >= 15 is 0 Å². The molecule has 0 aromatic carbocycles. The molecular weight excluding hydrogens is 200 g/mol. The fourth-order valence-electron chi connectivity index (χ4n) is 0.715. The van der Waals surface area contributed by atoms with Gasteiger partial charge in [-0.25, -0.2) is 0 Å². The van der Waals surface area contributed by atoms with Crippen LogP contribution in [0.25, 0.3) is 10.2 Å². The monoisotopic (exact) mass is 202 g/mol. The van der Waals surface area contributed by atoms with E-state index in [2.05, 4.69) is 26.1 Å². The van der Waals surface area contributed by atoms with Crippen LogP contribution in [0.3, 0.4) is 0 Å². The standard InChI is InChI=1S/C5H3BrN2S/c6-5-4-3(7-8-5)1-2-9-4/h1-2H,(H,7,8). The van der Waals surface area contributed by atoms with Gasteiger partial charge in [-0.15, -0.1) is 11.3 Å². The van der Waals surface area contributed by atoms with Crippen molar-refractivity contribution in [1.29, 1.82) is 0 Å². The zero-order valence-electron chi connectivity index (χ0n) is 4.39. The van der Waals surface area contributed by atoms with Crippen LogP contribution in [0.5, 0.6) is 0 Å². The van der Waals surface area contributed by atoms with E-state index in [0.717, 1.165) is 10.1 Å². The number of H-pyrrole nitrogens is 1. The summed E-state index contributed by atoms with van der Waals surface area (Å²) in [6.45, 7) is 0. The third-order valence-electron chi connectivity index (χ3n) is 1.12. The molecule has 4 heteroatoms. The maximum atomic E-state index is 4.02. The zero-order chi connectivity index (χ0) is 6.27. The lowest BCUT2D eigenvalue weighted by Crippen LogP contribution is -1.62. The third-order valence-corrected chi connectivity index (χ3v) is 2.88. The Morgan fingerprint density at radius 3 is 3.33 bits per heavy atom. The van der Waals surface area contributed by atoms with Gasteiger partial charge in [0.2, 0.25) is 0 Å². The lowest BCUT2D eigenvalue weighted by molar-refractivity contribution is 1.10. The Morgan fingerprint density at radius 1 is 1.67 bits per heavy atom. The largest absolute Gasteiger partial charge is 0.269 e. The van der Waals surface area contributed by atoms with Crippen LogP contribution in [0.1, 0.15) is 0 Å². The molecule has 0 spiro atoms. The first-order valence-electron chi connectivity index (χ1n) is 2.45. The van der Waals surface area contributed by atoms with Gasteiger partial charge in [-0.3, -0.25) is 5.10 Å². The Hall–Kier alpha value is -0.350. The Kier molecular flexibility index (Phi) is 1.10. The summed E-state index contributed by atoms with van der Waals surface area (Å²) < 4.78 is 2.17. The van der Waals surface area contributed by atoms with Crippen LogP contribution in [0, 0.1) is 0 Å². The van der Waals surface area contributed by atoms with Crippen LogP contribution < -0.4 is 0 Å². The molecule has 0 radical (unpaired) electrons. The maximum absolute atomic E-state index is 4.02. The van der Waals surface area contributed by atoms with Gasteiger partial charge in [0.1, 0.15) is 10.1 Å². The van der Waals surface area contributed by atoms with E-state index in [-0.39, 0.29) is 0 Å². The lowest BCUT2D eigenvalue weighted by atomic mass is 10.5. The van der Waals surface area contributed by atoms with Crippen molar-refractivity contribution < 1.29 is 0 Å². The van der Waals surface area contributed by atoms with E-state index in [1.807, 2.05) is 11.4 Å². The summed E-state index contributed by atoms with van der Waals surface area (Å²) in [6.07, 6.45) is 0. The fourth-order valence-corrected chi connectivity index (χ4v) is 2.00. The average molecular weight is 203 g/mol. The molecule has 0 aliphatic carbocycles. The summed E-state index contributed by atoms with van der Waals surface area (Å²) in [5.41, 5.74) is 1.03. The molecule has 0 atom stereocenters. The Morgan fingerprint density at radius 2 is 2.56 bits per heavy atom. The van der Waals surface area contributed by atoms with Gasteiger partial charge in [-0.05, 0) is 27.4 Å². The van der Waals surface area contributed by atoms with Crippen LogP contribution in [-0.2, 0) is 0 Å². The quantitative estimate of drug-likeness (QED) is 0.699. The first kappa shape index (κ1) is 5.44. The van der Waals surface area contributed by atoms with Gasteiger partial charge in [0.15, 0.2) is 0 Å². The van der Waals surface area contributed by atoms with E-state index in [1.54, 1.807) is 11.3 Å². The smallest absolute Gasteiger partial charge is 0.118 e. The molecule has 0 aliphatic rings. The van der Waals surface area contributed by atoms with E-state index in [9.17, 15) is 0 Å². The number of hydrogen-bond donors (Lipinski definition) is 1. The molecule has 0 fully saturated rings.